The molecule has 0 radical (unpaired) electrons. The zero-order valence-electron chi connectivity index (χ0n) is 21.0. The molecule has 38 heavy (non-hydrogen) atoms. The lowest BCUT2D eigenvalue weighted by molar-refractivity contribution is -0.132. The quantitative estimate of drug-likeness (QED) is 0.171. The van der Waals surface area contributed by atoms with Gasteiger partial charge in [-0.1, -0.05) is 29.5 Å². The average Bonchev–Trinajstić information content (AvgIpc) is 3.52. The van der Waals surface area contributed by atoms with Crippen molar-refractivity contribution in [3.8, 4) is 0 Å². The molecule has 1 aromatic carbocycles. The van der Waals surface area contributed by atoms with Crippen molar-refractivity contribution in [1.82, 2.24) is 14.4 Å². The molecule has 1 unspecified atom stereocenters. The van der Waals surface area contributed by atoms with Crippen molar-refractivity contribution in [2.24, 2.45) is 0 Å². The number of ether oxygens (including phenoxy) is 1. The number of aryl methyl sites for hydroxylation is 3. The fourth-order valence-electron chi connectivity index (χ4n) is 4.54. The molecular weight excluding hydrogens is 511 g/mol. The van der Waals surface area contributed by atoms with E-state index in [4.69, 9.17) is 4.74 Å². The Morgan fingerprint density at radius 2 is 1.84 bits per heavy atom. The lowest BCUT2D eigenvalue weighted by Crippen LogP contribution is -2.29. The number of carbonyl (C=O) groups is 3. The summed E-state index contributed by atoms with van der Waals surface area (Å²) in [5.41, 5.74) is 2.65. The Morgan fingerprint density at radius 3 is 2.50 bits per heavy atom. The predicted molar refractivity (Wildman–Crippen MR) is 139 cm³/mol. The van der Waals surface area contributed by atoms with E-state index >= 15 is 0 Å². The van der Waals surface area contributed by atoms with Gasteiger partial charge in [-0.2, -0.15) is 0 Å². The van der Waals surface area contributed by atoms with Crippen molar-refractivity contribution in [3.63, 3.8) is 0 Å². The number of hydrogen-bond donors (Lipinski definition) is 1. The summed E-state index contributed by atoms with van der Waals surface area (Å²) in [4.78, 5) is 49.5. The normalized spacial score (nSPS) is 17.0. The van der Waals surface area contributed by atoms with E-state index in [9.17, 15) is 23.9 Å². The number of imidazole rings is 1. The first-order valence-electron chi connectivity index (χ1n) is 11.8. The zero-order valence-corrected chi connectivity index (χ0v) is 21.8. The number of aliphatic hydroxyl groups excluding tert-OH is 1. The molecule has 1 saturated heterocycles. The summed E-state index contributed by atoms with van der Waals surface area (Å²) < 4.78 is 20.7. The minimum absolute atomic E-state index is 0.0728. The number of aliphatic hydroxyl groups is 1. The van der Waals surface area contributed by atoms with Crippen LogP contribution < -0.4 is 4.90 Å². The zero-order chi connectivity index (χ0) is 27.3. The minimum atomic E-state index is -1.14. The second-order valence-electron chi connectivity index (χ2n) is 8.78. The Morgan fingerprint density at radius 1 is 1.13 bits per heavy atom. The maximum Gasteiger partial charge on any atom is 0.350 e. The number of esters is 1. The van der Waals surface area contributed by atoms with Gasteiger partial charge >= 0.3 is 11.9 Å². The Labute approximate surface area is 220 Å². The summed E-state index contributed by atoms with van der Waals surface area (Å²) in [6, 6.07) is 7.83. The fraction of sp³-hybridized carbons (Fsp3) is 0.222. The Bertz CT molecular complexity index is 1650. The van der Waals surface area contributed by atoms with Crippen LogP contribution in [0.5, 0.6) is 0 Å². The molecule has 4 heterocycles. The van der Waals surface area contributed by atoms with Gasteiger partial charge in [0.05, 0.1) is 29.6 Å². The van der Waals surface area contributed by atoms with E-state index in [0.717, 1.165) is 21.8 Å². The summed E-state index contributed by atoms with van der Waals surface area (Å²) in [6.45, 7) is 7.04. The molecule has 9 nitrogen and oxygen atoms in total. The number of carbonyl (C=O) groups excluding carboxylic acids is 3. The summed E-state index contributed by atoms with van der Waals surface area (Å²) >= 11 is 0.900. The number of Topliss-reactive ketones (excluding diaryl/α,β-unsaturated/α-hetero) is 1. The van der Waals surface area contributed by atoms with Gasteiger partial charge in [-0.3, -0.25) is 14.5 Å². The minimum Gasteiger partial charge on any atom is -0.505 e. The van der Waals surface area contributed by atoms with Crippen LogP contribution in [0.3, 0.4) is 0 Å². The third-order valence-electron chi connectivity index (χ3n) is 6.39. The van der Waals surface area contributed by atoms with Crippen LogP contribution in [-0.4, -0.2) is 43.7 Å². The lowest BCUT2D eigenvalue weighted by atomic mass is 9.96. The molecule has 0 spiro atoms. The standard InChI is InChI=1S/C27H23FN4O5S/c1-5-37-26(36)23-14(3)29-27(38-23)32-20(16-8-10-17(28)11-9-16)18(22(34)25(32)35)21(33)19-15(4)31-12-6-7-13(2)24(31)30-19/h6-12,20,33H,5H2,1-4H3. The first-order valence-corrected chi connectivity index (χ1v) is 12.6. The number of anilines is 1. The van der Waals surface area contributed by atoms with Gasteiger partial charge in [-0.05, 0) is 57.0 Å². The van der Waals surface area contributed by atoms with Crippen LogP contribution in [0.1, 0.15) is 50.8 Å². The second-order valence-corrected chi connectivity index (χ2v) is 9.76. The molecule has 11 heteroatoms. The first kappa shape index (κ1) is 25.3. The first-order chi connectivity index (χ1) is 18.1. The molecular formula is C27H23FN4O5S. The van der Waals surface area contributed by atoms with Gasteiger partial charge in [0, 0.05) is 6.20 Å². The number of nitrogens with zero attached hydrogens (tertiary/aromatic N) is 4. The van der Waals surface area contributed by atoms with Gasteiger partial charge in [0.25, 0.3) is 5.78 Å². The smallest absolute Gasteiger partial charge is 0.350 e. The van der Waals surface area contributed by atoms with E-state index in [1.165, 1.54) is 24.3 Å². The molecule has 5 rings (SSSR count). The Balaban J connectivity index is 1.73. The van der Waals surface area contributed by atoms with Gasteiger partial charge in [-0.15, -0.1) is 0 Å². The highest BCUT2D eigenvalue weighted by molar-refractivity contribution is 7.17. The number of hydrogen-bond acceptors (Lipinski definition) is 8. The molecule has 1 N–H and O–H groups in total. The number of pyridine rings is 1. The topological polar surface area (TPSA) is 114 Å². The van der Waals surface area contributed by atoms with Crippen LogP contribution in [0.2, 0.25) is 0 Å². The monoisotopic (exact) mass is 534 g/mol. The van der Waals surface area contributed by atoms with Crippen LogP contribution in [0.25, 0.3) is 11.4 Å². The molecule has 1 amide bonds. The molecule has 1 atom stereocenters. The van der Waals surface area contributed by atoms with Crippen LogP contribution in [0, 0.1) is 26.6 Å². The number of rotatable bonds is 5. The number of amides is 1. The van der Waals surface area contributed by atoms with Gasteiger partial charge in [-0.25, -0.2) is 19.2 Å². The molecule has 194 valence electrons. The van der Waals surface area contributed by atoms with Crippen molar-refractivity contribution in [2.45, 2.75) is 33.7 Å². The average molecular weight is 535 g/mol. The van der Waals surface area contributed by atoms with Crippen LogP contribution in [0.4, 0.5) is 9.52 Å². The molecule has 1 fully saturated rings. The van der Waals surface area contributed by atoms with Crippen LogP contribution in [-0.2, 0) is 14.3 Å². The summed E-state index contributed by atoms with van der Waals surface area (Å²) in [5.74, 6) is -3.45. The summed E-state index contributed by atoms with van der Waals surface area (Å²) in [5, 5.41) is 11.6. The maximum absolute atomic E-state index is 13.8. The van der Waals surface area contributed by atoms with Gasteiger partial charge in [0.15, 0.2) is 10.9 Å². The van der Waals surface area contributed by atoms with E-state index in [2.05, 4.69) is 9.97 Å². The highest BCUT2D eigenvalue weighted by Crippen LogP contribution is 2.44. The van der Waals surface area contributed by atoms with Crippen molar-refractivity contribution in [3.05, 3.63) is 87.1 Å². The molecule has 1 aliphatic rings. The fourth-order valence-corrected chi connectivity index (χ4v) is 5.52. The van der Waals surface area contributed by atoms with E-state index in [1.807, 2.05) is 19.1 Å². The SMILES string of the molecule is CCOC(=O)c1sc(N2C(=O)C(=O)C(=C(O)c3nc4c(C)cccn4c3C)C2c2ccc(F)cc2)nc1C. The third-order valence-corrected chi connectivity index (χ3v) is 7.53. The maximum atomic E-state index is 13.8. The van der Waals surface area contributed by atoms with Crippen molar-refractivity contribution in [1.29, 1.82) is 0 Å². The summed E-state index contributed by atoms with van der Waals surface area (Å²) in [7, 11) is 0. The third kappa shape index (κ3) is 3.95. The van der Waals surface area contributed by atoms with E-state index in [0.29, 0.717) is 22.6 Å². The predicted octanol–water partition coefficient (Wildman–Crippen LogP) is 4.66. The molecule has 0 aliphatic carbocycles. The van der Waals surface area contributed by atoms with Crippen molar-refractivity contribution < 1.29 is 28.6 Å². The number of ketones is 1. The number of fused-ring (bicyclic) bond motifs is 1. The molecule has 0 saturated carbocycles. The number of halogens is 1. The molecule has 4 aromatic rings. The van der Waals surface area contributed by atoms with Crippen LogP contribution >= 0.6 is 11.3 Å². The Hall–Kier alpha value is -4.38. The highest BCUT2D eigenvalue weighted by Gasteiger charge is 2.49. The Kier molecular flexibility index (Phi) is 6.31. The molecule has 0 bridgehead atoms. The molecule has 1 aliphatic heterocycles. The number of thiazole rings is 1. The van der Waals surface area contributed by atoms with E-state index in [-0.39, 0.29) is 27.9 Å². The number of aromatic nitrogens is 3. The second kappa shape index (κ2) is 9.49. The van der Waals surface area contributed by atoms with E-state index in [1.54, 1.807) is 31.4 Å². The van der Waals surface area contributed by atoms with Gasteiger partial charge < -0.3 is 14.2 Å². The van der Waals surface area contributed by atoms with Gasteiger partial charge in [0.1, 0.15) is 22.0 Å². The van der Waals surface area contributed by atoms with E-state index < -0.39 is 35.3 Å². The summed E-state index contributed by atoms with van der Waals surface area (Å²) in [6.07, 6.45) is 1.78. The lowest BCUT2D eigenvalue weighted by Gasteiger charge is -2.22. The number of benzene rings is 1. The van der Waals surface area contributed by atoms with Crippen molar-refractivity contribution in [2.75, 3.05) is 11.5 Å². The largest absolute Gasteiger partial charge is 0.505 e. The molecule has 3 aromatic heterocycles. The van der Waals surface area contributed by atoms with Crippen LogP contribution in [0.15, 0.2) is 48.2 Å². The highest BCUT2D eigenvalue weighted by atomic mass is 32.1. The van der Waals surface area contributed by atoms with Gasteiger partial charge in [0.2, 0.25) is 0 Å². The van der Waals surface area contributed by atoms with Crippen molar-refractivity contribution >= 4 is 45.5 Å².